The van der Waals surface area contributed by atoms with E-state index in [0.29, 0.717) is 42.2 Å². The molecule has 1 unspecified atom stereocenters. The second kappa shape index (κ2) is 10.8. The van der Waals surface area contributed by atoms with Gasteiger partial charge in [-0.05, 0) is 95.2 Å². The van der Waals surface area contributed by atoms with Gasteiger partial charge in [-0.25, -0.2) is 13.1 Å². The zero-order chi connectivity index (χ0) is 24.2. The average Bonchev–Trinajstić information content (AvgIpc) is 2.78. The number of carbonyl (C=O) groups excluding carboxylic acids is 2. The lowest BCUT2D eigenvalue weighted by molar-refractivity contribution is -0.121. The first-order valence-electron chi connectivity index (χ1n) is 11.0. The van der Waals surface area contributed by atoms with Gasteiger partial charge in [0.15, 0.2) is 5.78 Å². The van der Waals surface area contributed by atoms with E-state index in [1.165, 1.54) is 12.1 Å². The van der Waals surface area contributed by atoms with Gasteiger partial charge in [-0.2, -0.15) is 0 Å². The van der Waals surface area contributed by atoms with Crippen molar-refractivity contribution in [3.63, 3.8) is 0 Å². The van der Waals surface area contributed by atoms with Crippen LogP contribution in [-0.4, -0.2) is 50.2 Å². The number of likely N-dealkylation sites (tertiary alicyclic amines) is 1. The first-order valence-corrected chi connectivity index (χ1v) is 12.9. The highest BCUT2D eigenvalue weighted by Crippen LogP contribution is 2.24. The highest BCUT2D eigenvalue weighted by atomic mass is 35.5. The molecule has 0 aliphatic carbocycles. The molecule has 1 fully saturated rings. The summed E-state index contributed by atoms with van der Waals surface area (Å²) in [5.74, 6) is -0.120. The van der Waals surface area contributed by atoms with Gasteiger partial charge in [-0.3, -0.25) is 14.5 Å². The van der Waals surface area contributed by atoms with Gasteiger partial charge in [0.25, 0.3) is 0 Å². The number of carbonyl (C=O) groups is 2. The molecule has 1 aliphatic heterocycles. The number of hydrogen-bond donors (Lipinski definition) is 2. The van der Waals surface area contributed by atoms with Gasteiger partial charge < -0.3 is 5.32 Å². The van der Waals surface area contributed by atoms with Crippen LogP contribution in [0.25, 0.3) is 0 Å². The minimum absolute atomic E-state index is 0.0633. The Morgan fingerprint density at radius 1 is 0.970 bits per heavy atom. The molecule has 1 atom stereocenters. The number of piperidine rings is 1. The second-order valence-corrected chi connectivity index (χ2v) is 10.8. The van der Waals surface area contributed by atoms with E-state index in [1.807, 2.05) is 6.92 Å². The Bertz CT molecular complexity index is 1080. The normalized spacial score (nSPS) is 16.5. The average molecular weight is 492 g/mol. The SMILES string of the molecule is CC(C)NS(=O)(=O)c1ccc(NC(=O)C(C)N2CCC(C(=O)c3ccc(Cl)cc3)CC2)cc1. The summed E-state index contributed by atoms with van der Waals surface area (Å²) < 4.78 is 27.0. The molecule has 33 heavy (non-hydrogen) atoms. The van der Waals surface area contributed by atoms with Crippen LogP contribution in [0.2, 0.25) is 5.02 Å². The quantitative estimate of drug-likeness (QED) is 0.545. The largest absolute Gasteiger partial charge is 0.325 e. The van der Waals surface area contributed by atoms with Crippen LogP contribution in [0.15, 0.2) is 53.4 Å². The van der Waals surface area contributed by atoms with Crippen LogP contribution < -0.4 is 10.0 Å². The van der Waals surface area contributed by atoms with Crippen molar-refractivity contribution >= 4 is 39.0 Å². The molecule has 7 nitrogen and oxygen atoms in total. The van der Waals surface area contributed by atoms with Crippen LogP contribution in [0.1, 0.15) is 44.0 Å². The maximum absolute atomic E-state index is 12.7. The summed E-state index contributed by atoms with van der Waals surface area (Å²) in [5, 5.41) is 3.45. The number of benzene rings is 2. The number of rotatable bonds is 8. The van der Waals surface area contributed by atoms with Crippen molar-refractivity contribution in [2.24, 2.45) is 5.92 Å². The number of Topliss-reactive ketones (excluding diaryl/α,β-unsaturated/α-hetero) is 1. The van der Waals surface area contributed by atoms with Gasteiger partial charge in [-0.15, -0.1) is 0 Å². The minimum Gasteiger partial charge on any atom is -0.325 e. The molecule has 3 rings (SSSR count). The van der Waals surface area contributed by atoms with E-state index in [1.54, 1.807) is 50.2 Å². The summed E-state index contributed by atoms with van der Waals surface area (Å²) in [4.78, 5) is 27.7. The lowest BCUT2D eigenvalue weighted by Crippen LogP contribution is -2.47. The third kappa shape index (κ3) is 6.63. The van der Waals surface area contributed by atoms with Crippen LogP contribution in [0, 0.1) is 5.92 Å². The Balaban J connectivity index is 1.53. The summed E-state index contributed by atoms with van der Waals surface area (Å²) in [6.07, 6.45) is 1.38. The Morgan fingerprint density at radius 2 is 1.55 bits per heavy atom. The number of nitrogens with one attached hydrogen (secondary N) is 2. The number of ketones is 1. The Morgan fingerprint density at radius 3 is 2.09 bits per heavy atom. The van der Waals surface area contributed by atoms with E-state index in [-0.39, 0.29) is 34.6 Å². The highest BCUT2D eigenvalue weighted by molar-refractivity contribution is 7.89. The first kappa shape index (κ1) is 25.4. The number of hydrogen-bond acceptors (Lipinski definition) is 5. The fraction of sp³-hybridized carbons (Fsp3) is 0.417. The first-order chi connectivity index (χ1) is 15.6. The van der Waals surface area contributed by atoms with Crippen molar-refractivity contribution in [3.05, 3.63) is 59.1 Å². The third-order valence-electron chi connectivity index (χ3n) is 5.78. The summed E-state index contributed by atoms with van der Waals surface area (Å²) >= 11 is 5.90. The van der Waals surface area contributed by atoms with E-state index in [2.05, 4.69) is 14.9 Å². The number of sulfonamides is 1. The Hall–Kier alpha value is -2.26. The van der Waals surface area contributed by atoms with Crippen molar-refractivity contribution in [2.75, 3.05) is 18.4 Å². The van der Waals surface area contributed by atoms with Crippen LogP contribution in [-0.2, 0) is 14.8 Å². The van der Waals surface area contributed by atoms with E-state index in [9.17, 15) is 18.0 Å². The lowest BCUT2D eigenvalue weighted by Gasteiger charge is -2.34. The zero-order valence-electron chi connectivity index (χ0n) is 19.0. The molecule has 2 aromatic rings. The molecule has 0 spiro atoms. The number of anilines is 1. The summed E-state index contributed by atoms with van der Waals surface area (Å²) in [5.41, 5.74) is 1.20. The van der Waals surface area contributed by atoms with Crippen molar-refractivity contribution in [1.29, 1.82) is 0 Å². The monoisotopic (exact) mass is 491 g/mol. The van der Waals surface area contributed by atoms with Gasteiger partial charge in [0, 0.05) is 28.2 Å². The Kier molecular flexibility index (Phi) is 8.28. The molecule has 9 heteroatoms. The molecule has 1 saturated heterocycles. The second-order valence-electron chi connectivity index (χ2n) is 8.65. The van der Waals surface area contributed by atoms with Gasteiger partial charge >= 0.3 is 0 Å². The van der Waals surface area contributed by atoms with Crippen LogP contribution in [0.4, 0.5) is 5.69 Å². The molecule has 178 valence electrons. The smallest absolute Gasteiger partial charge is 0.241 e. The Labute approximate surface area is 200 Å². The van der Waals surface area contributed by atoms with Crippen molar-refractivity contribution in [1.82, 2.24) is 9.62 Å². The summed E-state index contributed by atoms with van der Waals surface area (Å²) in [6, 6.07) is 12.5. The number of nitrogens with zero attached hydrogens (tertiary/aromatic N) is 1. The maximum Gasteiger partial charge on any atom is 0.241 e. The maximum atomic E-state index is 12.7. The molecule has 1 aliphatic rings. The molecular formula is C24H30ClN3O4S. The van der Waals surface area contributed by atoms with Crippen molar-refractivity contribution < 1.29 is 18.0 Å². The highest BCUT2D eigenvalue weighted by Gasteiger charge is 2.30. The van der Waals surface area contributed by atoms with Gasteiger partial charge in [0.05, 0.1) is 10.9 Å². The predicted molar refractivity (Wildman–Crippen MR) is 130 cm³/mol. The number of amides is 1. The minimum atomic E-state index is -3.58. The molecule has 2 N–H and O–H groups in total. The molecule has 1 amide bonds. The standard InChI is InChI=1S/C24H30ClN3O4S/c1-16(2)27-33(31,32)22-10-8-21(9-11-22)26-24(30)17(3)28-14-12-19(13-15-28)23(29)18-4-6-20(25)7-5-18/h4-11,16-17,19,27H,12-15H2,1-3H3,(H,26,30). The van der Waals surface area contributed by atoms with E-state index in [4.69, 9.17) is 11.6 Å². The lowest BCUT2D eigenvalue weighted by atomic mass is 9.88. The van der Waals surface area contributed by atoms with Gasteiger partial charge in [0.2, 0.25) is 15.9 Å². The molecule has 0 radical (unpaired) electrons. The van der Waals surface area contributed by atoms with Crippen molar-refractivity contribution in [2.45, 2.75) is 50.6 Å². The molecular weight excluding hydrogens is 462 g/mol. The van der Waals surface area contributed by atoms with Crippen LogP contribution in [0.5, 0.6) is 0 Å². The van der Waals surface area contributed by atoms with E-state index < -0.39 is 10.0 Å². The summed E-state index contributed by atoms with van der Waals surface area (Å²) in [6.45, 7) is 6.64. The third-order valence-corrected chi connectivity index (χ3v) is 7.71. The van der Waals surface area contributed by atoms with Gasteiger partial charge in [0.1, 0.15) is 0 Å². The molecule has 0 saturated carbocycles. The summed E-state index contributed by atoms with van der Waals surface area (Å²) in [7, 11) is -3.58. The van der Waals surface area contributed by atoms with Crippen molar-refractivity contribution in [3.8, 4) is 0 Å². The van der Waals surface area contributed by atoms with E-state index in [0.717, 1.165) is 0 Å². The van der Waals surface area contributed by atoms with Gasteiger partial charge in [-0.1, -0.05) is 11.6 Å². The fourth-order valence-corrected chi connectivity index (χ4v) is 5.28. The topological polar surface area (TPSA) is 95.6 Å². The molecule has 0 aromatic heterocycles. The van der Waals surface area contributed by atoms with Crippen LogP contribution in [0.3, 0.4) is 0 Å². The van der Waals surface area contributed by atoms with E-state index >= 15 is 0 Å². The van der Waals surface area contributed by atoms with Crippen LogP contribution >= 0.6 is 11.6 Å². The predicted octanol–water partition coefficient (Wildman–Crippen LogP) is 3.95. The zero-order valence-corrected chi connectivity index (χ0v) is 20.6. The molecule has 0 bridgehead atoms. The molecule has 2 aromatic carbocycles. The fourth-order valence-electron chi connectivity index (χ4n) is 3.91. The number of halogens is 1. The molecule has 1 heterocycles.